The average Bonchev–Trinajstić information content (AvgIpc) is 2.36. The summed E-state index contributed by atoms with van der Waals surface area (Å²) in [6.45, 7) is 12.8. The first-order chi connectivity index (χ1) is 8.54. The quantitative estimate of drug-likeness (QED) is 0.790. The number of nitrogens with one attached hydrogen (secondary N) is 1. The Kier molecular flexibility index (Phi) is 6.69. The van der Waals surface area contributed by atoms with E-state index in [2.05, 4.69) is 37.9 Å². The highest BCUT2D eigenvalue weighted by molar-refractivity contribution is 5.76. The van der Waals surface area contributed by atoms with Crippen molar-refractivity contribution in [2.75, 3.05) is 26.2 Å². The van der Waals surface area contributed by atoms with Crippen LogP contribution in [0.1, 0.15) is 47.0 Å². The van der Waals surface area contributed by atoms with E-state index >= 15 is 0 Å². The third-order valence-corrected chi connectivity index (χ3v) is 4.28. The van der Waals surface area contributed by atoms with Crippen LogP contribution in [0.4, 0.5) is 0 Å². The van der Waals surface area contributed by atoms with Crippen LogP contribution >= 0.6 is 0 Å². The van der Waals surface area contributed by atoms with Gasteiger partial charge in [0.05, 0.1) is 0 Å². The average molecular weight is 254 g/mol. The van der Waals surface area contributed by atoms with Gasteiger partial charge in [-0.3, -0.25) is 4.79 Å². The summed E-state index contributed by atoms with van der Waals surface area (Å²) in [6.07, 6.45) is 3.04. The molecule has 1 heterocycles. The van der Waals surface area contributed by atoms with E-state index in [1.165, 1.54) is 0 Å². The molecule has 106 valence electrons. The second-order valence-corrected chi connectivity index (χ2v) is 6.06. The molecule has 1 saturated heterocycles. The second-order valence-electron chi connectivity index (χ2n) is 6.06. The summed E-state index contributed by atoms with van der Waals surface area (Å²) in [5, 5.41) is 3.41. The highest BCUT2D eigenvalue weighted by Crippen LogP contribution is 2.20. The molecule has 0 radical (unpaired) electrons. The van der Waals surface area contributed by atoms with E-state index in [9.17, 15) is 4.79 Å². The van der Waals surface area contributed by atoms with Gasteiger partial charge in [0.25, 0.3) is 0 Å². The van der Waals surface area contributed by atoms with Gasteiger partial charge in [0.2, 0.25) is 5.91 Å². The Morgan fingerprint density at radius 2 is 1.89 bits per heavy atom. The van der Waals surface area contributed by atoms with Gasteiger partial charge in [-0.05, 0) is 43.7 Å². The Morgan fingerprint density at radius 1 is 1.28 bits per heavy atom. The fraction of sp³-hybridized carbons (Fsp3) is 0.933. The van der Waals surface area contributed by atoms with E-state index in [0.717, 1.165) is 51.4 Å². The van der Waals surface area contributed by atoms with E-state index in [1.807, 2.05) is 0 Å². The fourth-order valence-electron chi connectivity index (χ4n) is 2.38. The largest absolute Gasteiger partial charge is 0.343 e. The van der Waals surface area contributed by atoms with Crippen LogP contribution in [0.25, 0.3) is 0 Å². The van der Waals surface area contributed by atoms with E-state index in [0.29, 0.717) is 17.7 Å². The minimum absolute atomic E-state index is 0.359. The van der Waals surface area contributed by atoms with E-state index < -0.39 is 0 Å². The zero-order valence-electron chi connectivity index (χ0n) is 12.5. The molecule has 1 fully saturated rings. The van der Waals surface area contributed by atoms with Crippen molar-refractivity contribution in [1.82, 2.24) is 10.2 Å². The van der Waals surface area contributed by atoms with Gasteiger partial charge in [0, 0.05) is 19.5 Å². The molecule has 1 rings (SSSR count). The summed E-state index contributed by atoms with van der Waals surface area (Å²) in [5.74, 6) is 2.21. The molecule has 1 unspecified atom stereocenters. The fourth-order valence-corrected chi connectivity index (χ4v) is 2.38. The van der Waals surface area contributed by atoms with Crippen molar-refractivity contribution in [3.8, 4) is 0 Å². The lowest BCUT2D eigenvalue weighted by atomic mass is 9.92. The van der Waals surface area contributed by atoms with Crippen LogP contribution in [0.5, 0.6) is 0 Å². The highest BCUT2D eigenvalue weighted by Gasteiger charge is 2.23. The summed E-state index contributed by atoms with van der Waals surface area (Å²) >= 11 is 0. The molecule has 1 aliphatic rings. The first kappa shape index (κ1) is 15.5. The Balaban J connectivity index is 2.27. The molecule has 1 aliphatic heterocycles. The van der Waals surface area contributed by atoms with Crippen molar-refractivity contribution in [2.45, 2.75) is 47.0 Å². The van der Waals surface area contributed by atoms with Crippen molar-refractivity contribution in [3.05, 3.63) is 0 Å². The number of nitrogens with zero attached hydrogens (tertiary/aromatic N) is 1. The zero-order chi connectivity index (χ0) is 13.5. The summed E-state index contributed by atoms with van der Waals surface area (Å²) in [7, 11) is 0. The third kappa shape index (κ3) is 4.97. The molecule has 0 saturated carbocycles. The lowest BCUT2D eigenvalue weighted by Gasteiger charge is -2.33. The first-order valence-electron chi connectivity index (χ1n) is 7.53. The van der Waals surface area contributed by atoms with Crippen LogP contribution in [-0.4, -0.2) is 37.0 Å². The number of hydrogen-bond acceptors (Lipinski definition) is 2. The predicted molar refractivity (Wildman–Crippen MR) is 76.5 cm³/mol. The highest BCUT2D eigenvalue weighted by atomic mass is 16.2. The molecule has 0 aromatic carbocycles. The molecule has 18 heavy (non-hydrogen) atoms. The van der Waals surface area contributed by atoms with Crippen molar-refractivity contribution in [1.29, 1.82) is 0 Å². The number of likely N-dealkylation sites (tertiary alicyclic amines) is 1. The minimum atomic E-state index is 0.359. The minimum Gasteiger partial charge on any atom is -0.343 e. The first-order valence-corrected chi connectivity index (χ1v) is 7.53. The van der Waals surface area contributed by atoms with E-state index in [-0.39, 0.29) is 0 Å². The van der Waals surface area contributed by atoms with Crippen LogP contribution in [0.15, 0.2) is 0 Å². The number of hydrogen-bond donors (Lipinski definition) is 1. The van der Waals surface area contributed by atoms with Crippen LogP contribution < -0.4 is 5.32 Å². The molecular weight excluding hydrogens is 224 g/mol. The Morgan fingerprint density at radius 3 is 2.39 bits per heavy atom. The van der Waals surface area contributed by atoms with Gasteiger partial charge in [0.15, 0.2) is 0 Å². The van der Waals surface area contributed by atoms with Crippen molar-refractivity contribution >= 4 is 5.91 Å². The van der Waals surface area contributed by atoms with Gasteiger partial charge in [-0.1, -0.05) is 27.7 Å². The van der Waals surface area contributed by atoms with Crippen LogP contribution in [0.3, 0.4) is 0 Å². The molecule has 1 atom stereocenters. The summed E-state index contributed by atoms with van der Waals surface area (Å²) in [5.41, 5.74) is 0. The monoisotopic (exact) mass is 254 g/mol. The molecule has 0 aromatic rings. The van der Waals surface area contributed by atoms with Crippen LogP contribution in [0, 0.1) is 17.8 Å². The lowest BCUT2D eigenvalue weighted by molar-refractivity contribution is -0.133. The number of amides is 1. The molecule has 3 nitrogen and oxygen atoms in total. The standard InChI is InChI=1S/C15H30N2O/c1-5-16-11-14-6-8-17(9-7-14)15(18)10-13(4)12(2)3/h12-14,16H,5-11H2,1-4H3. The van der Waals surface area contributed by atoms with E-state index in [4.69, 9.17) is 0 Å². The molecule has 0 aliphatic carbocycles. The normalized spacial score (nSPS) is 19.3. The van der Waals surface area contributed by atoms with Crippen molar-refractivity contribution < 1.29 is 4.79 Å². The maximum atomic E-state index is 12.1. The van der Waals surface area contributed by atoms with Gasteiger partial charge in [-0.25, -0.2) is 0 Å². The Hall–Kier alpha value is -0.570. The van der Waals surface area contributed by atoms with Crippen LogP contribution in [0.2, 0.25) is 0 Å². The molecule has 0 spiro atoms. The number of carbonyl (C=O) groups excluding carboxylic acids is 1. The van der Waals surface area contributed by atoms with Crippen molar-refractivity contribution in [3.63, 3.8) is 0 Å². The summed E-state index contributed by atoms with van der Waals surface area (Å²) in [6, 6.07) is 0. The number of piperidine rings is 1. The molecule has 3 heteroatoms. The lowest BCUT2D eigenvalue weighted by Crippen LogP contribution is -2.41. The summed E-state index contributed by atoms with van der Waals surface area (Å²) < 4.78 is 0. The maximum Gasteiger partial charge on any atom is 0.222 e. The molecule has 1 N–H and O–H groups in total. The molecule has 1 amide bonds. The smallest absolute Gasteiger partial charge is 0.222 e. The van der Waals surface area contributed by atoms with Crippen LogP contribution in [-0.2, 0) is 4.79 Å². The number of rotatable bonds is 6. The van der Waals surface area contributed by atoms with Gasteiger partial charge >= 0.3 is 0 Å². The third-order valence-electron chi connectivity index (χ3n) is 4.28. The molecule has 0 bridgehead atoms. The topological polar surface area (TPSA) is 32.3 Å². The van der Waals surface area contributed by atoms with Gasteiger partial charge < -0.3 is 10.2 Å². The summed E-state index contributed by atoms with van der Waals surface area (Å²) in [4.78, 5) is 14.2. The molecule has 0 aromatic heterocycles. The zero-order valence-corrected chi connectivity index (χ0v) is 12.5. The van der Waals surface area contributed by atoms with E-state index in [1.54, 1.807) is 0 Å². The Bertz CT molecular complexity index is 245. The number of carbonyl (C=O) groups is 1. The van der Waals surface area contributed by atoms with Gasteiger partial charge in [-0.15, -0.1) is 0 Å². The molecular formula is C15H30N2O. The van der Waals surface area contributed by atoms with Gasteiger partial charge in [0.1, 0.15) is 0 Å². The SMILES string of the molecule is CCNCC1CCN(C(=O)CC(C)C(C)C)CC1. The second kappa shape index (κ2) is 7.78. The maximum absolute atomic E-state index is 12.1. The Labute approximate surface area is 112 Å². The predicted octanol–water partition coefficient (Wildman–Crippen LogP) is 2.52. The van der Waals surface area contributed by atoms with Gasteiger partial charge in [-0.2, -0.15) is 0 Å². The van der Waals surface area contributed by atoms with Crippen molar-refractivity contribution in [2.24, 2.45) is 17.8 Å².